The number of likely N-dealkylation sites (tertiary alicyclic amines) is 1. The SMILES string of the molecule is CCOC(=O)N1CCC(Nc2nccc(NCC(C)C)n2)CC1. The molecule has 0 aliphatic carbocycles. The highest BCUT2D eigenvalue weighted by Crippen LogP contribution is 2.16. The summed E-state index contributed by atoms with van der Waals surface area (Å²) >= 11 is 0. The van der Waals surface area contributed by atoms with E-state index in [0.29, 0.717) is 31.6 Å². The molecule has 0 atom stereocenters. The zero-order chi connectivity index (χ0) is 16.7. The summed E-state index contributed by atoms with van der Waals surface area (Å²) in [6.07, 6.45) is 3.27. The summed E-state index contributed by atoms with van der Waals surface area (Å²) in [6.45, 7) is 8.83. The van der Waals surface area contributed by atoms with Crippen LogP contribution in [0.25, 0.3) is 0 Å². The Bertz CT molecular complexity index is 501. The molecule has 1 aliphatic rings. The van der Waals surface area contributed by atoms with Gasteiger partial charge in [0.2, 0.25) is 5.95 Å². The van der Waals surface area contributed by atoms with Crippen molar-refractivity contribution < 1.29 is 9.53 Å². The molecular formula is C16H27N5O2. The van der Waals surface area contributed by atoms with Crippen LogP contribution in [0.3, 0.4) is 0 Å². The van der Waals surface area contributed by atoms with Crippen molar-refractivity contribution in [2.45, 2.75) is 39.7 Å². The fraction of sp³-hybridized carbons (Fsp3) is 0.688. The number of nitrogens with one attached hydrogen (secondary N) is 2. The van der Waals surface area contributed by atoms with Gasteiger partial charge < -0.3 is 20.3 Å². The summed E-state index contributed by atoms with van der Waals surface area (Å²) in [7, 11) is 0. The van der Waals surface area contributed by atoms with Crippen LogP contribution in [-0.2, 0) is 4.74 Å². The minimum atomic E-state index is -0.220. The van der Waals surface area contributed by atoms with Gasteiger partial charge in [-0.1, -0.05) is 13.8 Å². The first kappa shape index (κ1) is 17.3. The number of anilines is 2. The molecule has 2 N–H and O–H groups in total. The van der Waals surface area contributed by atoms with Crippen LogP contribution in [-0.4, -0.2) is 53.2 Å². The van der Waals surface area contributed by atoms with Gasteiger partial charge in [-0.3, -0.25) is 0 Å². The van der Waals surface area contributed by atoms with Crippen molar-refractivity contribution in [2.24, 2.45) is 5.92 Å². The molecule has 0 spiro atoms. The lowest BCUT2D eigenvalue weighted by molar-refractivity contribution is 0.0983. The highest BCUT2D eigenvalue weighted by molar-refractivity contribution is 5.67. The number of hydrogen-bond acceptors (Lipinski definition) is 6. The van der Waals surface area contributed by atoms with E-state index < -0.39 is 0 Å². The predicted octanol–water partition coefficient (Wildman–Crippen LogP) is 2.58. The van der Waals surface area contributed by atoms with Crippen LogP contribution in [0.2, 0.25) is 0 Å². The number of piperidine rings is 1. The molecule has 1 aromatic heterocycles. The summed E-state index contributed by atoms with van der Waals surface area (Å²) in [5, 5.41) is 6.66. The minimum absolute atomic E-state index is 0.220. The maximum Gasteiger partial charge on any atom is 0.409 e. The fourth-order valence-corrected chi connectivity index (χ4v) is 2.44. The van der Waals surface area contributed by atoms with Crippen LogP contribution in [0.4, 0.5) is 16.6 Å². The normalized spacial score (nSPS) is 15.6. The first-order valence-electron chi connectivity index (χ1n) is 8.33. The molecule has 2 rings (SSSR count). The van der Waals surface area contributed by atoms with E-state index in [2.05, 4.69) is 34.4 Å². The molecule has 7 heteroatoms. The van der Waals surface area contributed by atoms with E-state index in [1.54, 1.807) is 11.1 Å². The van der Waals surface area contributed by atoms with Gasteiger partial charge >= 0.3 is 6.09 Å². The molecule has 2 heterocycles. The van der Waals surface area contributed by atoms with Gasteiger partial charge in [0.15, 0.2) is 0 Å². The Labute approximate surface area is 137 Å². The van der Waals surface area contributed by atoms with Crippen molar-refractivity contribution in [2.75, 3.05) is 36.9 Å². The van der Waals surface area contributed by atoms with Crippen LogP contribution in [0.1, 0.15) is 33.6 Å². The largest absolute Gasteiger partial charge is 0.450 e. The maximum absolute atomic E-state index is 11.7. The third kappa shape index (κ3) is 5.58. The van der Waals surface area contributed by atoms with Crippen LogP contribution in [0.15, 0.2) is 12.3 Å². The minimum Gasteiger partial charge on any atom is -0.450 e. The van der Waals surface area contributed by atoms with Crippen LogP contribution < -0.4 is 10.6 Å². The monoisotopic (exact) mass is 321 g/mol. The van der Waals surface area contributed by atoms with Gasteiger partial charge in [0.1, 0.15) is 5.82 Å². The van der Waals surface area contributed by atoms with Crippen molar-refractivity contribution in [3.63, 3.8) is 0 Å². The number of aromatic nitrogens is 2. The summed E-state index contributed by atoms with van der Waals surface area (Å²) < 4.78 is 5.03. The first-order chi connectivity index (χ1) is 11.1. The average molecular weight is 321 g/mol. The molecule has 1 aromatic rings. The second-order valence-electron chi connectivity index (χ2n) is 6.14. The van der Waals surface area contributed by atoms with Gasteiger partial charge in [-0.05, 0) is 31.7 Å². The van der Waals surface area contributed by atoms with Crippen molar-refractivity contribution in [3.05, 3.63) is 12.3 Å². The Balaban J connectivity index is 1.82. The van der Waals surface area contributed by atoms with Crippen LogP contribution in [0.5, 0.6) is 0 Å². The quantitative estimate of drug-likeness (QED) is 0.838. The molecule has 23 heavy (non-hydrogen) atoms. The van der Waals surface area contributed by atoms with Crippen LogP contribution in [0, 0.1) is 5.92 Å². The number of carbonyl (C=O) groups excluding carboxylic acids is 1. The lowest BCUT2D eigenvalue weighted by Gasteiger charge is -2.31. The Kier molecular flexibility index (Phi) is 6.43. The molecular weight excluding hydrogens is 294 g/mol. The third-order valence-electron chi connectivity index (χ3n) is 3.70. The second kappa shape index (κ2) is 8.55. The molecule has 1 fully saturated rings. The van der Waals surface area contributed by atoms with E-state index in [1.807, 2.05) is 13.0 Å². The van der Waals surface area contributed by atoms with E-state index >= 15 is 0 Å². The van der Waals surface area contributed by atoms with Crippen LogP contribution >= 0.6 is 0 Å². The summed E-state index contributed by atoms with van der Waals surface area (Å²) in [5.74, 6) is 2.03. The van der Waals surface area contributed by atoms with Gasteiger partial charge in [0.25, 0.3) is 0 Å². The molecule has 0 aromatic carbocycles. The Morgan fingerprint density at radius 3 is 2.83 bits per heavy atom. The molecule has 128 valence electrons. The smallest absolute Gasteiger partial charge is 0.409 e. The van der Waals surface area contributed by atoms with E-state index in [1.165, 1.54) is 0 Å². The van der Waals surface area contributed by atoms with E-state index in [9.17, 15) is 4.79 Å². The standard InChI is InChI=1S/C16H27N5O2/c1-4-23-16(22)21-9-6-13(7-10-21)19-15-17-8-5-14(20-15)18-11-12(2)3/h5,8,12-13H,4,6-7,9-11H2,1-3H3,(H2,17,18,19,20). The zero-order valence-electron chi connectivity index (χ0n) is 14.2. The topological polar surface area (TPSA) is 79.4 Å². The number of nitrogens with zero attached hydrogens (tertiary/aromatic N) is 3. The molecule has 1 aliphatic heterocycles. The first-order valence-corrected chi connectivity index (χ1v) is 8.33. The molecule has 0 bridgehead atoms. The van der Waals surface area contributed by atoms with Gasteiger partial charge in [-0.25, -0.2) is 9.78 Å². The number of ether oxygens (including phenoxy) is 1. The number of amides is 1. The Hall–Kier alpha value is -2.05. The summed E-state index contributed by atoms with van der Waals surface area (Å²) in [6, 6.07) is 2.15. The summed E-state index contributed by atoms with van der Waals surface area (Å²) in [5.41, 5.74) is 0. The van der Waals surface area contributed by atoms with E-state index in [0.717, 1.165) is 25.2 Å². The molecule has 0 saturated carbocycles. The van der Waals surface area contributed by atoms with E-state index in [4.69, 9.17) is 4.74 Å². The predicted molar refractivity (Wildman–Crippen MR) is 90.6 cm³/mol. The molecule has 0 unspecified atom stereocenters. The molecule has 0 radical (unpaired) electrons. The zero-order valence-corrected chi connectivity index (χ0v) is 14.2. The van der Waals surface area contributed by atoms with Gasteiger partial charge in [0, 0.05) is 31.9 Å². The summed E-state index contributed by atoms with van der Waals surface area (Å²) in [4.78, 5) is 22.2. The lowest BCUT2D eigenvalue weighted by Crippen LogP contribution is -2.42. The second-order valence-corrected chi connectivity index (χ2v) is 6.14. The Morgan fingerprint density at radius 2 is 2.17 bits per heavy atom. The molecule has 1 saturated heterocycles. The number of rotatable bonds is 6. The number of hydrogen-bond donors (Lipinski definition) is 2. The average Bonchev–Trinajstić information content (AvgIpc) is 2.54. The highest BCUT2D eigenvalue weighted by Gasteiger charge is 2.23. The van der Waals surface area contributed by atoms with Gasteiger partial charge in [0.05, 0.1) is 6.61 Å². The molecule has 7 nitrogen and oxygen atoms in total. The fourth-order valence-electron chi connectivity index (χ4n) is 2.44. The van der Waals surface area contributed by atoms with Crippen molar-refractivity contribution >= 4 is 17.9 Å². The molecule has 1 amide bonds. The lowest BCUT2D eigenvalue weighted by atomic mass is 10.1. The van der Waals surface area contributed by atoms with Crippen molar-refractivity contribution in [3.8, 4) is 0 Å². The van der Waals surface area contributed by atoms with E-state index in [-0.39, 0.29) is 12.1 Å². The third-order valence-corrected chi connectivity index (χ3v) is 3.70. The maximum atomic E-state index is 11.7. The highest BCUT2D eigenvalue weighted by atomic mass is 16.6. The van der Waals surface area contributed by atoms with Crippen molar-refractivity contribution in [1.82, 2.24) is 14.9 Å². The number of carbonyl (C=O) groups is 1. The Morgan fingerprint density at radius 1 is 1.43 bits per heavy atom. The van der Waals surface area contributed by atoms with Gasteiger partial charge in [-0.15, -0.1) is 0 Å². The van der Waals surface area contributed by atoms with Gasteiger partial charge in [-0.2, -0.15) is 4.98 Å². The van der Waals surface area contributed by atoms with Crippen molar-refractivity contribution in [1.29, 1.82) is 0 Å².